The summed E-state index contributed by atoms with van der Waals surface area (Å²) in [4.78, 5) is 16.5. The number of aromatic nitrogens is 1. The smallest absolute Gasteiger partial charge is 0.310 e. The zero-order valence-electron chi connectivity index (χ0n) is 14.2. The number of ether oxygens (including phenoxy) is 2. The van der Waals surface area contributed by atoms with Crippen LogP contribution in [0.25, 0.3) is 10.6 Å². The topological polar surface area (TPSA) is 48.4 Å². The Balaban J connectivity index is 1.55. The SMILES string of the molecule is COc1ccc(-c2nc(COC(=O)Cc3ccc(C)cc3)cs2)cc1. The van der Waals surface area contributed by atoms with E-state index in [1.54, 1.807) is 7.11 Å². The van der Waals surface area contributed by atoms with E-state index in [1.807, 2.05) is 60.8 Å². The Morgan fingerprint density at radius 1 is 1.08 bits per heavy atom. The zero-order chi connectivity index (χ0) is 17.6. The van der Waals surface area contributed by atoms with E-state index in [9.17, 15) is 4.79 Å². The fourth-order valence-corrected chi connectivity index (χ4v) is 3.13. The van der Waals surface area contributed by atoms with Gasteiger partial charge in [-0.2, -0.15) is 0 Å². The van der Waals surface area contributed by atoms with Gasteiger partial charge in [0.1, 0.15) is 17.4 Å². The van der Waals surface area contributed by atoms with Gasteiger partial charge in [0, 0.05) is 10.9 Å². The summed E-state index contributed by atoms with van der Waals surface area (Å²) in [6.07, 6.45) is 0.274. The van der Waals surface area contributed by atoms with E-state index in [4.69, 9.17) is 9.47 Å². The normalized spacial score (nSPS) is 10.5. The van der Waals surface area contributed by atoms with Crippen molar-refractivity contribution in [3.05, 3.63) is 70.7 Å². The maximum atomic E-state index is 12.0. The van der Waals surface area contributed by atoms with Crippen LogP contribution in [-0.2, 0) is 22.6 Å². The summed E-state index contributed by atoms with van der Waals surface area (Å²) in [6, 6.07) is 15.6. The van der Waals surface area contributed by atoms with E-state index < -0.39 is 0 Å². The lowest BCUT2D eigenvalue weighted by molar-refractivity contribution is -0.144. The summed E-state index contributed by atoms with van der Waals surface area (Å²) in [5, 5.41) is 2.81. The molecule has 0 aliphatic rings. The Labute approximate surface area is 151 Å². The second-order valence-electron chi connectivity index (χ2n) is 5.70. The van der Waals surface area contributed by atoms with Crippen molar-refractivity contribution in [1.29, 1.82) is 0 Å². The number of methoxy groups -OCH3 is 1. The molecule has 4 nitrogen and oxygen atoms in total. The molecule has 0 saturated heterocycles. The largest absolute Gasteiger partial charge is 0.497 e. The van der Waals surface area contributed by atoms with E-state index in [1.165, 1.54) is 16.9 Å². The van der Waals surface area contributed by atoms with Crippen molar-refractivity contribution in [3.63, 3.8) is 0 Å². The number of hydrogen-bond donors (Lipinski definition) is 0. The van der Waals surface area contributed by atoms with E-state index in [-0.39, 0.29) is 19.0 Å². The third kappa shape index (κ3) is 4.67. The predicted molar refractivity (Wildman–Crippen MR) is 98.8 cm³/mol. The molecule has 1 heterocycles. The molecule has 1 aromatic heterocycles. The Kier molecular flexibility index (Phi) is 5.46. The van der Waals surface area contributed by atoms with Crippen LogP contribution in [0.5, 0.6) is 5.75 Å². The molecule has 0 N–H and O–H groups in total. The first-order valence-corrected chi connectivity index (χ1v) is 8.82. The third-order valence-electron chi connectivity index (χ3n) is 3.74. The maximum absolute atomic E-state index is 12.0. The highest BCUT2D eigenvalue weighted by Crippen LogP contribution is 2.26. The summed E-state index contributed by atoms with van der Waals surface area (Å²) in [6.45, 7) is 2.21. The number of carbonyl (C=O) groups is 1. The standard InChI is InChI=1S/C20H19NO3S/c1-14-3-5-15(6-4-14)11-19(22)24-12-17-13-25-20(21-17)16-7-9-18(23-2)10-8-16/h3-10,13H,11-12H2,1-2H3. The highest BCUT2D eigenvalue weighted by atomic mass is 32.1. The van der Waals surface area contributed by atoms with Crippen molar-refractivity contribution < 1.29 is 14.3 Å². The van der Waals surface area contributed by atoms with Crippen molar-refractivity contribution in [3.8, 4) is 16.3 Å². The van der Waals surface area contributed by atoms with Crippen molar-refractivity contribution >= 4 is 17.3 Å². The van der Waals surface area contributed by atoms with Crippen LogP contribution in [0.15, 0.2) is 53.9 Å². The molecule has 5 heteroatoms. The molecule has 25 heavy (non-hydrogen) atoms. The number of hydrogen-bond acceptors (Lipinski definition) is 5. The van der Waals surface area contributed by atoms with Gasteiger partial charge in [-0.15, -0.1) is 11.3 Å². The van der Waals surface area contributed by atoms with Crippen LogP contribution in [0.2, 0.25) is 0 Å². The summed E-state index contributed by atoms with van der Waals surface area (Å²) in [5.41, 5.74) is 3.90. The van der Waals surface area contributed by atoms with Crippen molar-refractivity contribution in [2.75, 3.05) is 7.11 Å². The predicted octanol–water partition coefficient (Wildman–Crippen LogP) is 4.41. The Hall–Kier alpha value is -2.66. The molecule has 2 aromatic carbocycles. The molecule has 3 aromatic rings. The van der Waals surface area contributed by atoms with E-state index in [0.717, 1.165) is 27.6 Å². The minimum Gasteiger partial charge on any atom is -0.497 e. The van der Waals surface area contributed by atoms with Gasteiger partial charge in [-0.1, -0.05) is 29.8 Å². The molecule has 0 fully saturated rings. The Morgan fingerprint density at radius 3 is 2.48 bits per heavy atom. The van der Waals surface area contributed by atoms with Gasteiger partial charge in [-0.3, -0.25) is 4.79 Å². The molecule has 0 aliphatic carbocycles. The van der Waals surface area contributed by atoms with E-state index in [2.05, 4.69) is 4.98 Å². The number of benzene rings is 2. The number of esters is 1. The van der Waals surface area contributed by atoms with Gasteiger partial charge in [-0.05, 0) is 36.8 Å². The van der Waals surface area contributed by atoms with Gasteiger partial charge < -0.3 is 9.47 Å². The average molecular weight is 353 g/mol. The molecule has 0 bridgehead atoms. The highest BCUT2D eigenvalue weighted by molar-refractivity contribution is 7.13. The van der Waals surface area contributed by atoms with E-state index in [0.29, 0.717) is 0 Å². The summed E-state index contributed by atoms with van der Waals surface area (Å²) >= 11 is 1.53. The van der Waals surface area contributed by atoms with Crippen LogP contribution in [0.3, 0.4) is 0 Å². The van der Waals surface area contributed by atoms with E-state index >= 15 is 0 Å². The number of rotatable bonds is 6. The van der Waals surface area contributed by atoms with Gasteiger partial charge in [0.15, 0.2) is 0 Å². The fourth-order valence-electron chi connectivity index (χ4n) is 2.32. The number of aryl methyl sites for hydroxylation is 1. The first kappa shape index (κ1) is 17.2. The molecule has 0 saturated carbocycles. The minimum absolute atomic E-state index is 0.192. The molecule has 0 atom stereocenters. The lowest BCUT2D eigenvalue weighted by Gasteiger charge is -2.04. The second-order valence-corrected chi connectivity index (χ2v) is 6.55. The summed E-state index contributed by atoms with van der Waals surface area (Å²) < 4.78 is 10.5. The van der Waals surface area contributed by atoms with Crippen molar-refractivity contribution in [2.45, 2.75) is 20.0 Å². The monoisotopic (exact) mass is 353 g/mol. The second kappa shape index (κ2) is 7.94. The van der Waals surface area contributed by atoms with Gasteiger partial charge in [0.25, 0.3) is 0 Å². The molecular formula is C20H19NO3S. The third-order valence-corrected chi connectivity index (χ3v) is 4.68. The van der Waals surface area contributed by atoms with Crippen LogP contribution >= 0.6 is 11.3 Å². The van der Waals surface area contributed by atoms with Gasteiger partial charge in [0.2, 0.25) is 0 Å². The van der Waals surface area contributed by atoms with Gasteiger partial charge in [0.05, 0.1) is 19.2 Å². The quantitative estimate of drug-likeness (QED) is 0.616. The molecule has 0 unspecified atom stereocenters. The molecule has 0 spiro atoms. The lowest BCUT2D eigenvalue weighted by atomic mass is 10.1. The molecular weight excluding hydrogens is 334 g/mol. The Bertz CT molecular complexity index is 838. The molecule has 0 aliphatic heterocycles. The van der Waals surface area contributed by atoms with Crippen LogP contribution in [0.4, 0.5) is 0 Å². The van der Waals surface area contributed by atoms with Crippen LogP contribution in [0.1, 0.15) is 16.8 Å². The number of carbonyl (C=O) groups excluding carboxylic acids is 1. The van der Waals surface area contributed by atoms with Gasteiger partial charge in [-0.25, -0.2) is 4.98 Å². The number of thiazole rings is 1. The fraction of sp³-hybridized carbons (Fsp3) is 0.200. The van der Waals surface area contributed by atoms with Crippen LogP contribution in [-0.4, -0.2) is 18.1 Å². The molecule has 128 valence electrons. The zero-order valence-corrected chi connectivity index (χ0v) is 15.0. The van der Waals surface area contributed by atoms with Crippen molar-refractivity contribution in [2.24, 2.45) is 0 Å². The van der Waals surface area contributed by atoms with Crippen molar-refractivity contribution in [1.82, 2.24) is 4.98 Å². The van der Waals surface area contributed by atoms with Gasteiger partial charge >= 0.3 is 5.97 Å². The molecule has 3 rings (SSSR count). The first-order chi connectivity index (χ1) is 12.1. The average Bonchev–Trinajstić information content (AvgIpc) is 3.11. The number of nitrogens with zero attached hydrogens (tertiary/aromatic N) is 1. The summed E-state index contributed by atoms with van der Waals surface area (Å²) in [7, 11) is 1.64. The summed E-state index contributed by atoms with van der Waals surface area (Å²) in [5.74, 6) is 0.563. The Morgan fingerprint density at radius 2 is 1.80 bits per heavy atom. The lowest BCUT2D eigenvalue weighted by Crippen LogP contribution is -2.08. The highest BCUT2D eigenvalue weighted by Gasteiger charge is 2.09. The molecule has 0 radical (unpaired) electrons. The van der Waals surface area contributed by atoms with Crippen LogP contribution < -0.4 is 4.74 Å². The molecule has 0 amide bonds. The minimum atomic E-state index is -0.247. The maximum Gasteiger partial charge on any atom is 0.310 e. The van der Waals surface area contributed by atoms with Crippen LogP contribution in [0, 0.1) is 6.92 Å². The first-order valence-electron chi connectivity index (χ1n) is 7.94.